The normalized spacial score (nSPS) is 17.5. The Labute approximate surface area is 454 Å². The number of aliphatic carboxylic acids is 2. The Morgan fingerprint density at radius 1 is 0.582 bits per heavy atom. The van der Waals surface area contributed by atoms with E-state index in [1.807, 2.05) is 76.2 Å². The molecule has 0 radical (unpaired) electrons. The second-order valence-electron chi connectivity index (χ2n) is 19.5. The second kappa shape index (κ2) is 31.7. The van der Waals surface area contributed by atoms with Crippen LogP contribution >= 0.6 is 0 Å². The van der Waals surface area contributed by atoms with E-state index in [0.29, 0.717) is 24.2 Å². The second-order valence-corrected chi connectivity index (χ2v) is 19.5. The number of carbonyl (C=O) groups is 4. The van der Waals surface area contributed by atoms with Crippen molar-refractivity contribution in [2.75, 3.05) is 40.3 Å². The fourth-order valence-electron chi connectivity index (χ4n) is 8.43. The fraction of sp³-hybridized carbons (Fsp3) is 0.491. The van der Waals surface area contributed by atoms with E-state index < -0.39 is 47.6 Å². The van der Waals surface area contributed by atoms with Crippen LogP contribution in [0.15, 0.2) is 84.9 Å². The Morgan fingerprint density at radius 3 is 1.14 bits per heavy atom. The number of carbonyl (C=O) groups excluding carboxylic acids is 2. The van der Waals surface area contributed by atoms with E-state index in [1.165, 1.54) is 24.3 Å². The number of hydrogen-bond donors (Lipinski definition) is 4. The Morgan fingerprint density at radius 2 is 0.886 bits per heavy atom. The van der Waals surface area contributed by atoms with Gasteiger partial charge in [0.05, 0.1) is 25.3 Å². The summed E-state index contributed by atoms with van der Waals surface area (Å²) >= 11 is 0. The first-order valence-electron chi connectivity index (χ1n) is 24.8. The molecule has 2 saturated heterocycles. The number of piperidine rings is 2. The Balaban J connectivity index is 0.000000430. The van der Waals surface area contributed by atoms with Crippen LogP contribution < -0.4 is 20.1 Å². The lowest BCUT2D eigenvalue weighted by Gasteiger charge is -2.41. The van der Waals surface area contributed by atoms with Crippen molar-refractivity contribution in [2.45, 2.75) is 125 Å². The van der Waals surface area contributed by atoms with Gasteiger partial charge in [0.2, 0.25) is 0 Å². The number of benzene rings is 4. The van der Waals surface area contributed by atoms with Crippen LogP contribution in [0.2, 0.25) is 0 Å². The van der Waals surface area contributed by atoms with Crippen LogP contribution in [-0.2, 0) is 35.8 Å². The number of nitrogens with zero attached hydrogens (tertiary/aromatic N) is 4. The van der Waals surface area contributed by atoms with Crippen molar-refractivity contribution >= 4 is 24.0 Å². The summed E-state index contributed by atoms with van der Waals surface area (Å²) in [6, 6.07) is 21.6. The number of carboxylic acid groups (broad SMARTS) is 2. The average Bonchev–Trinajstić information content (AvgIpc) is 3.33. The topological polar surface area (TPSA) is 164 Å². The summed E-state index contributed by atoms with van der Waals surface area (Å²) in [7, 11) is 4.12. The van der Waals surface area contributed by atoms with Crippen molar-refractivity contribution in [3.05, 3.63) is 130 Å². The summed E-state index contributed by atoms with van der Waals surface area (Å²) in [4.78, 5) is 52.1. The van der Waals surface area contributed by atoms with Crippen molar-refractivity contribution in [1.29, 1.82) is 0 Å². The highest BCUT2D eigenvalue weighted by Crippen LogP contribution is 2.27. The Bertz CT molecular complexity index is 2370. The maximum absolute atomic E-state index is 14.4. The number of hydrogen-bond acceptors (Lipinski definition) is 8. The minimum atomic E-state index is -5.08. The van der Waals surface area contributed by atoms with Crippen LogP contribution in [0.25, 0.3) is 0 Å². The molecule has 0 aromatic heterocycles. The molecule has 14 nitrogen and oxygen atoms in total. The zero-order chi connectivity index (χ0) is 58.7. The molecule has 4 aromatic carbocycles. The van der Waals surface area contributed by atoms with Crippen molar-refractivity contribution in [2.24, 2.45) is 11.8 Å². The highest BCUT2D eigenvalue weighted by molar-refractivity contribution is 5.75. The van der Waals surface area contributed by atoms with Gasteiger partial charge in [0.1, 0.15) is 34.8 Å². The first-order valence-corrected chi connectivity index (χ1v) is 24.8. The zero-order valence-corrected chi connectivity index (χ0v) is 44.5. The molecule has 0 saturated carbocycles. The molecule has 4 aromatic rings. The number of amides is 4. The van der Waals surface area contributed by atoms with Gasteiger partial charge in [-0.25, -0.2) is 36.7 Å². The third kappa shape index (κ3) is 24.0. The molecule has 2 fully saturated rings. The summed E-state index contributed by atoms with van der Waals surface area (Å²) in [6.07, 6.45) is -8.38. The van der Waals surface area contributed by atoms with Crippen LogP contribution in [0.1, 0.15) is 84.1 Å². The fourth-order valence-corrected chi connectivity index (χ4v) is 8.43. The molecule has 440 valence electrons. The van der Waals surface area contributed by atoms with Crippen LogP contribution in [-0.4, -0.2) is 131 Å². The summed E-state index contributed by atoms with van der Waals surface area (Å²) in [5.41, 5.74) is 2.50. The Kier molecular flexibility index (Phi) is 27.4. The predicted octanol–water partition coefficient (Wildman–Crippen LogP) is 11.5. The van der Waals surface area contributed by atoms with Gasteiger partial charge in [-0.15, -0.1) is 0 Å². The SMILES string of the molecule is C.CC(C)Oc1ccc(CNC(=O)N(Cc2ccc(F)cc2F)[C@@H]2CCN(C)C[C@@H]2C)cc1.CC(C)Oc1ccc(CNC(=O)N(Cc2ccc(F)cc2F)[C@H]2CCN(C)C[C@H]2C)cc1.O=C(O)C(F)(F)F.O=C(O)C(F)(F)F. The van der Waals surface area contributed by atoms with Gasteiger partial charge in [-0.2, -0.15) is 26.3 Å². The molecule has 2 heterocycles. The number of urea groups is 2. The molecule has 0 bridgehead atoms. The molecule has 2 aliphatic rings. The van der Waals surface area contributed by atoms with Gasteiger partial charge >= 0.3 is 36.4 Å². The molecule has 0 spiro atoms. The maximum Gasteiger partial charge on any atom is 0.490 e. The molecule has 2 aliphatic heterocycles. The monoisotopic (exact) mass is 1130 g/mol. The van der Waals surface area contributed by atoms with Crippen molar-refractivity contribution in [3.63, 3.8) is 0 Å². The summed E-state index contributed by atoms with van der Waals surface area (Å²) in [5, 5.41) is 20.2. The van der Waals surface area contributed by atoms with Gasteiger partial charge in [-0.05, 0) is 127 Å². The lowest BCUT2D eigenvalue weighted by molar-refractivity contribution is -0.193. The van der Waals surface area contributed by atoms with Crippen LogP contribution in [0.3, 0.4) is 0 Å². The van der Waals surface area contributed by atoms with E-state index in [-0.39, 0.29) is 68.7 Å². The quantitative estimate of drug-likeness (QED) is 0.0894. The highest BCUT2D eigenvalue weighted by atomic mass is 19.4. The smallest absolute Gasteiger partial charge is 0.490 e. The van der Waals surface area contributed by atoms with Crippen LogP contribution in [0, 0.1) is 35.1 Å². The zero-order valence-electron chi connectivity index (χ0n) is 44.5. The maximum atomic E-state index is 14.4. The standard InChI is InChI=1S/2C25H33F2N3O2.2C2HF3O2.CH4/c2*1-17(2)32-22-9-5-19(6-10-22)14-28-25(31)30(24-11-12-29(4)15-18(24)3)16-20-7-8-21(26)13-23(20)27;2*3-2(4,5)1(6)7;/h2*5-10,13,17-18,24H,11-12,14-16H2,1-4H3,(H,28,31);2*(H,6,7);1H4/t2*18-,24+;;;/m10.../s1. The minimum Gasteiger partial charge on any atom is -0.491 e. The molecule has 4 atom stereocenters. The van der Waals surface area contributed by atoms with Crippen molar-refractivity contribution in [3.8, 4) is 11.5 Å². The molecule has 4 N–H and O–H groups in total. The van der Waals surface area contributed by atoms with Crippen LogP contribution in [0.5, 0.6) is 11.5 Å². The predicted molar refractivity (Wildman–Crippen MR) is 277 cm³/mol. The first kappa shape index (κ1) is 68.3. The van der Waals surface area contributed by atoms with E-state index in [4.69, 9.17) is 29.3 Å². The number of likely N-dealkylation sites (tertiary alicyclic amines) is 2. The number of nitrogens with one attached hydrogen (secondary N) is 2. The third-order valence-electron chi connectivity index (χ3n) is 12.1. The van der Waals surface area contributed by atoms with E-state index in [1.54, 1.807) is 9.80 Å². The van der Waals surface area contributed by atoms with E-state index >= 15 is 0 Å². The highest BCUT2D eigenvalue weighted by Gasteiger charge is 2.39. The summed E-state index contributed by atoms with van der Waals surface area (Å²) in [6.45, 7) is 16.4. The molecule has 0 aliphatic carbocycles. The van der Waals surface area contributed by atoms with Crippen molar-refractivity contribution < 1.29 is 82.8 Å². The van der Waals surface area contributed by atoms with Gasteiger partial charge in [-0.1, -0.05) is 57.7 Å². The van der Waals surface area contributed by atoms with E-state index in [2.05, 4.69) is 48.4 Å². The number of carboxylic acids is 2. The minimum absolute atomic E-state index is 0. The molecular weight excluding hydrogens is 1060 g/mol. The van der Waals surface area contributed by atoms with Gasteiger partial charge in [0.15, 0.2) is 0 Å². The molecule has 24 heteroatoms. The number of halogens is 10. The Hall–Kier alpha value is -6.82. The van der Waals surface area contributed by atoms with Gasteiger partial charge in [0, 0.05) is 61.5 Å². The first-order chi connectivity index (χ1) is 36.3. The summed E-state index contributed by atoms with van der Waals surface area (Å²) < 4.78 is 130. The number of ether oxygens (including phenoxy) is 2. The van der Waals surface area contributed by atoms with E-state index in [0.717, 1.165) is 73.8 Å². The largest absolute Gasteiger partial charge is 0.491 e. The van der Waals surface area contributed by atoms with Gasteiger partial charge in [0.25, 0.3) is 0 Å². The van der Waals surface area contributed by atoms with Gasteiger partial charge < -0.3 is 49.9 Å². The molecule has 0 unspecified atom stereocenters. The molecule has 4 amide bonds. The summed E-state index contributed by atoms with van der Waals surface area (Å²) in [5.74, 6) is -6.01. The number of alkyl halides is 6. The average molecular weight is 1140 g/mol. The third-order valence-corrected chi connectivity index (χ3v) is 12.1. The lowest BCUT2D eigenvalue weighted by Crippen LogP contribution is -2.53. The van der Waals surface area contributed by atoms with Crippen molar-refractivity contribution in [1.82, 2.24) is 30.2 Å². The van der Waals surface area contributed by atoms with Crippen LogP contribution in [0.4, 0.5) is 53.5 Å². The molecular formula is C55H72F10N6O8. The lowest BCUT2D eigenvalue weighted by atomic mass is 9.92. The molecule has 79 heavy (non-hydrogen) atoms. The van der Waals surface area contributed by atoms with E-state index in [9.17, 15) is 53.5 Å². The number of rotatable bonds is 14. The van der Waals surface area contributed by atoms with Gasteiger partial charge in [-0.3, -0.25) is 0 Å². The molecule has 6 rings (SSSR count).